The lowest BCUT2D eigenvalue weighted by atomic mass is 9.82. The minimum Gasteiger partial charge on any atom is -0.356 e. The molecule has 9 aromatic carbocycles. The van der Waals surface area contributed by atoms with Crippen LogP contribution in [-0.4, -0.2) is 0 Å². The number of para-hydroxylation sites is 2. The van der Waals surface area contributed by atoms with Crippen molar-refractivity contribution in [2.24, 2.45) is 0 Å². The summed E-state index contributed by atoms with van der Waals surface area (Å²) in [4.78, 5) is 4.70. The van der Waals surface area contributed by atoms with Gasteiger partial charge in [0.05, 0.1) is 0 Å². The maximum Gasteiger partial charge on any atom is 0.0468 e. The predicted molar refractivity (Wildman–Crippen MR) is 266 cm³/mol. The van der Waals surface area contributed by atoms with E-state index in [0.29, 0.717) is 0 Å². The topological polar surface area (TPSA) is 18.5 Å². The Balaban J connectivity index is 0.918. The Morgan fingerprint density at radius 2 is 0.635 bits per heavy atom. The van der Waals surface area contributed by atoms with Gasteiger partial charge in [0, 0.05) is 56.3 Å². The number of hydrogen-bond acceptors (Lipinski definition) is 3. The molecule has 0 heterocycles. The second kappa shape index (κ2) is 15.1. The van der Waals surface area contributed by atoms with Crippen LogP contribution in [0.4, 0.5) is 45.5 Å². The van der Waals surface area contributed by atoms with Crippen molar-refractivity contribution in [2.75, 3.05) is 15.1 Å². The number of hydrogen-bond donors (Lipinski definition) is 1. The zero-order valence-corrected chi connectivity index (χ0v) is 36.2. The minimum absolute atomic E-state index is 0.000861. The molecule has 0 amide bonds. The van der Waals surface area contributed by atoms with Gasteiger partial charge in [-0.15, -0.1) is 0 Å². The molecule has 63 heavy (non-hydrogen) atoms. The van der Waals surface area contributed by atoms with E-state index in [1.54, 1.807) is 0 Å². The highest BCUT2D eigenvalue weighted by Gasteiger charge is 2.36. The number of rotatable bonds is 9. The van der Waals surface area contributed by atoms with Gasteiger partial charge in [-0.2, -0.15) is 0 Å². The van der Waals surface area contributed by atoms with E-state index in [4.69, 9.17) is 0 Å². The van der Waals surface area contributed by atoms with Crippen molar-refractivity contribution in [1.29, 1.82) is 0 Å². The van der Waals surface area contributed by atoms with E-state index in [-0.39, 0.29) is 10.8 Å². The Bertz CT molecular complexity index is 3070. The first kappa shape index (κ1) is 38.3. The fourth-order valence-corrected chi connectivity index (χ4v) is 10.2. The first-order chi connectivity index (χ1) is 30.7. The Morgan fingerprint density at radius 3 is 1.16 bits per heavy atom. The van der Waals surface area contributed by atoms with Crippen LogP contribution in [0.1, 0.15) is 49.9 Å². The molecule has 0 radical (unpaired) electrons. The third kappa shape index (κ3) is 6.60. The smallest absolute Gasteiger partial charge is 0.0468 e. The van der Waals surface area contributed by atoms with Gasteiger partial charge in [-0.1, -0.05) is 149 Å². The summed E-state index contributed by atoms with van der Waals surface area (Å²) in [6.45, 7) is 9.33. The van der Waals surface area contributed by atoms with Gasteiger partial charge in [0.2, 0.25) is 0 Å². The van der Waals surface area contributed by atoms with Gasteiger partial charge in [0.25, 0.3) is 0 Å². The van der Waals surface area contributed by atoms with Crippen LogP contribution in [0.25, 0.3) is 33.4 Å². The fourth-order valence-electron chi connectivity index (χ4n) is 10.2. The van der Waals surface area contributed by atoms with Gasteiger partial charge in [-0.05, 0) is 153 Å². The molecule has 0 unspecified atom stereocenters. The average molecular weight is 812 g/mol. The monoisotopic (exact) mass is 811 g/mol. The molecule has 0 aromatic heterocycles. The second-order valence-electron chi connectivity index (χ2n) is 17.9. The zero-order valence-electron chi connectivity index (χ0n) is 36.2. The Kier molecular flexibility index (Phi) is 9.17. The van der Waals surface area contributed by atoms with Gasteiger partial charge in [-0.3, -0.25) is 0 Å². The first-order valence-electron chi connectivity index (χ1n) is 22.0. The number of nitrogens with zero attached hydrogens (tertiary/aromatic N) is 2. The molecule has 0 aliphatic heterocycles. The van der Waals surface area contributed by atoms with Crippen LogP contribution in [0, 0.1) is 0 Å². The summed E-state index contributed by atoms with van der Waals surface area (Å²) in [5.74, 6) is 0. The predicted octanol–water partition coefficient (Wildman–Crippen LogP) is 16.6. The second-order valence-corrected chi connectivity index (χ2v) is 17.9. The molecule has 2 aliphatic rings. The van der Waals surface area contributed by atoms with Crippen LogP contribution in [0.5, 0.6) is 0 Å². The van der Waals surface area contributed by atoms with Crippen LogP contribution in [0.2, 0.25) is 0 Å². The summed E-state index contributed by atoms with van der Waals surface area (Å²) in [5, 5.41) is 3.68. The van der Waals surface area contributed by atoms with E-state index in [2.05, 4.69) is 261 Å². The zero-order chi connectivity index (χ0) is 42.7. The van der Waals surface area contributed by atoms with Crippen molar-refractivity contribution < 1.29 is 0 Å². The average Bonchev–Trinajstić information content (AvgIpc) is 3.70. The fraction of sp³-hybridized carbons (Fsp3) is 0.100. The van der Waals surface area contributed by atoms with Gasteiger partial charge < -0.3 is 15.1 Å². The largest absolute Gasteiger partial charge is 0.356 e. The molecule has 304 valence electrons. The molecular weight excluding hydrogens is 763 g/mol. The van der Waals surface area contributed by atoms with Crippen molar-refractivity contribution in [2.45, 2.75) is 38.5 Å². The number of nitrogens with one attached hydrogen (secondary N) is 1. The number of benzene rings is 9. The maximum absolute atomic E-state index is 3.68. The summed E-state index contributed by atoms with van der Waals surface area (Å²) >= 11 is 0. The summed E-state index contributed by atoms with van der Waals surface area (Å²) in [5.41, 5.74) is 21.9. The highest BCUT2D eigenvalue weighted by Crippen LogP contribution is 2.52. The van der Waals surface area contributed by atoms with Gasteiger partial charge in [-0.25, -0.2) is 0 Å². The van der Waals surface area contributed by atoms with E-state index in [1.807, 2.05) is 0 Å². The van der Waals surface area contributed by atoms with Crippen molar-refractivity contribution in [3.8, 4) is 33.4 Å². The first-order valence-corrected chi connectivity index (χ1v) is 22.0. The standard InChI is InChI=1S/C60H49N3/c1-59(2)55-21-13-11-19-51(55)53-39-44(29-37-57(53)59)61-43-27-23-41(24-28-43)42-25-30-47(31-26-42)63(50-36-38-58-54(40-50)52-20-12-14-22-56(52)60(58,3)4)49-34-32-48(33-35-49)62(45-15-7-5-8-16-45)46-17-9-6-10-18-46/h5-40,61H,1-4H3. The van der Waals surface area contributed by atoms with Gasteiger partial charge in [0.15, 0.2) is 0 Å². The van der Waals surface area contributed by atoms with Gasteiger partial charge >= 0.3 is 0 Å². The molecule has 0 saturated heterocycles. The molecule has 1 N–H and O–H groups in total. The molecule has 0 bridgehead atoms. The molecule has 0 atom stereocenters. The summed E-state index contributed by atoms with van der Waals surface area (Å²) in [7, 11) is 0. The summed E-state index contributed by atoms with van der Waals surface area (Å²) in [6, 6.07) is 79.4. The van der Waals surface area contributed by atoms with Gasteiger partial charge in [0.1, 0.15) is 0 Å². The molecule has 3 heteroatoms. The van der Waals surface area contributed by atoms with Crippen molar-refractivity contribution >= 4 is 45.5 Å². The van der Waals surface area contributed by atoms with Crippen LogP contribution >= 0.6 is 0 Å². The Labute approximate surface area is 371 Å². The molecule has 2 aliphatic carbocycles. The van der Waals surface area contributed by atoms with E-state index >= 15 is 0 Å². The lowest BCUT2D eigenvalue weighted by molar-refractivity contribution is 0.660. The third-order valence-electron chi connectivity index (χ3n) is 13.4. The molecule has 11 rings (SSSR count). The number of fused-ring (bicyclic) bond motifs is 6. The minimum atomic E-state index is -0.0630. The van der Waals surface area contributed by atoms with E-state index in [0.717, 1.165) is 45.5 Å². The number of anilines is 8. The normalized spacial score (nSPS) is 13.7. The highest BCUT2D eigenvalue weighted by atomic mass is 15.2. The SMILES string of the molecule is CC1(C)c2ccccc2-c2cc(Nc3ccc(-c4ccc(N(c5ccc(N(c6ccccc6)c6ccccc6)cc5)c5ccc6c(c5)-c5ccccc5C6(C)C)cc4)cc3)ccc21. The summed E-state index contributed by atoms with van der Waals surface area (Å²) in [6.07, 6.45) is 0. The molecular formula is C60H49N3. The quantitative estimate of drug-likeness (QED) is 0.157. The third-order valence-corrected chi connectivity index (χ3v) is 13.4. The van der Waals surface area contributed by atoms with Crippen molar-refractivity contribution in [1.82, 2.24) is 0 Å². The van der Waals surface area contributed by atoms with Crippen molar-refractivity contribution in [3.63, 3.8) is 0 Å². The van der Waals surface area contributed by atoms with E-state index in [1.165, 1.54) is 55.6 Å². The molecule has 0 spiro atoms. The lowest BCUT2D eigenvalue weighted by Gasteiger charge is -2.29. The molecule has 9 aromatic rings. The molecule has 0 saturated carbocycles. The van der Waals surface area contributed by atoms with Crippen LogP contribution < -0.4 is 15.1 Å². The van der Waals surface area contributed by atoms with Crippen LogP contribution in [0.15, 0.2) is 218 Å². The molecule has 0 fully saturated rings. The summed E-state index contributed by atoms with van der Waals surface area (Å²) < 4.78 is 0. The van der Waals surface area contributed by atoms with E-state index < -0.39 is 0 Å². The van der Waals surface area contributed by atoms with E-state index in [9.17, 15) is 0 Å². The molecule has 3 nitrogen and oxygen atoms in total. The van der Waals surface area contributed by atoms with Crippen LogP contribution in [-0.2, 0) is 10.8 Å². The lowest BCUT2D eigenvalue weighted by Crippen LogP contribution is -2.15. The Morgan fingerprint density at radius 1 is 0.286 bits per heavy atom. The Hall–Kier alpha value is -7.62. The van der Waals surface area contributed by atoms with Crippen LogP contribution in [0.3, 0.4) is 0 Å². The maximum atomic E-state index is 3.68. The highest BCUT2D eigenvalue weighted by molar-refractivity contribution is 5.88. The van der Waals surface area contributed by atoms with Crippen molar-refractivity contribution in [3.05, 3.63) is 241 Å².